The molecule has 15 aromatic rings. The van der Waals surface area contributed by atoms with E-state index in [9.17, 15) is 0 Å². The van der Waals surface area contributed by atoms with Gasteiger partial charge in [0.1, 0.15) is 11.2 Å². The van der Waals surface area contributed by atoms with Crippen molar-refractivity contribution < 1.29 is 4.42 Å². The minimum Gasteiger partial charge on any atom is -0.455 e. The third-order valence-electron chi connectivity index (χ3n) is 14.2. The smallest absolute Gasteiger partial charge is 0.164 e. The molecule has 10 aromatic carbocycles. The van der Waals surface area contributed by atoms with E-state index >= 15 is 0 Å². The fourth-order valence-corrected chi connectivity index (χ4v) is 11.0. The van der Waals surface area contributed by atoms with Gasteiger partial charge in [-0.2, -0.15) is 0 Å². The maximum absolute atomic E-state index is 7.11. The van der Waals surface area contributed by atoms with Crippen molar-refractivity contribution in [2.75, 3.05) is 0 Å². The molecule has 0 saturated carbocycles. The summed E-state index contributed by atoms with van der Waals surface area (Å²) < 4.78 is 11.9. The Morgan fingerprint density at radius 2 is 0.795 bits per heavy atom. The summed E-state index contributed by atoms with van der Waals surface area (Å²) in [5.74, 6) is 2.17. The predicted octanol–water partition coefficient (Wildman–Crippen LogP) is 16.2. The summed E-state index contributed by atoms with van der Waals surface area (Å²) in [6, 6.07) is 81.8. The molecule has 0 fully saturated rings. The summed E-state index contributed by atoms with van der Waals surface area (Å²) in [6.07, 6.45) is 0. The summed E-state index contributed by atoms with van der Waals surface area (Å²) in [6.45, 7) is 0. The lowest BCUT2D eigenvalue weighted by atomic mass is 10.0. The molecule has 0 unspecified atom stereocenters. The van der Waals surface area contributed by atoms with E-state index in [-0.39, 0.29) is 0 Å². The van der Waals surface area contributed by atoms with Crippen molar-refractivity contribution in [2.45, 2.75) is 0 Å². The molecule has 15 rings (SSSR count). The molecule has 0 radical (unpaired) electrons. The van der Waals surface area contributed by atoms with Crippen LogP contribution in [0.15, 0.2) is 241 Å². The van der Waals surface area contributed by atoms with Gasteiger partial charge in [-0.05, 0) is 54.6 Å². The van der Waals surface area contributed by atoms with Crippen molar-refractivity contribution in [1.29, 1.82) is 0 Å². The van der Waals surface area contributed by atoms with Gasteiger partial charge in [-0.25, -0.2) is 24.9 Å². The molecule has 0 aliphatic carbocycles. The average Bonchev–Trinajstić information content (AvgIpc) is 4.14. The number of hydrogen-bond acceptors (Lipinski definition) is 6. The molecule has 0 aliphatic heterocycles. The van der Waals surface area contributed by atoms with Crippen LogP contribution in [0.1, 0.15) is 0 Å². The second-order valence-corrected chi connectivity index (χ2v) is 18.3. The van der Waals surface area contributed by atoms with Crippen LogP contribution in [0.3, 0.4) is 0 Å². The second kappa shape index (κ2) is 16.3. The first-order chi connectivity index (χ1) is 36.2. The van der Waals surface area contributed by atoms with Gasteiger partial charge in [-0.15, -0.1) is 0 Å². The first kappa shape index (κ1) is 40.8. The van der Waals surface area contributed by atoms with Gasteiger partial charge in [0.25, 0.3) is 0 Å². The Kier molecular flexibility index (Phi) is 9.09. The topological polar surface area (TPSA) is 87.5 Å². The van der Waals surface area contributed by atoms with Gasteiger partial charge in [-0.1, -0.05) is 182 Å². The molecule has 340 valence electrons. The molecule has 0 amide bonds. The maximum atomic E-state index is 7.11. The Hall–Kier alpha value is -10.1. The first-order valence-corrected chi connectivity index (χ1v) is 24.4. The Balaban J connectivity index is 1.10. The normalized spacial score (nSPS) is 11.8. The van der Waals surface area contributed by atoms with Gasteiger partial charge < -0.3 is 13.6 Å². The lowest BCUT2D eigenvalue weighted by Crippen LogP contribution is -2.04. The molecule has 0 saturated heterocycles. The van der Waals surface area contributed by atoms with Crippen molar-refractivity contribution >= 4 is 76.5 Å². The highest BCUT2D eigenvalue weighted by molar-refractivity contribution is 6.39. The van der Waals surface area contributed by atoms with E-state index in [2.05, 4.69) is 149 Å². The van der Waals surface area contributed by atoms with Crippen LogP contribution in [0.5, 0.6) is 0 Å². The molecule has 73 heavy (non-hydrogen) atoms. The third kappa shape index (κ3) is 6.37. The SMILES string of the molecule is c1ccc(-c2nc(-c3ccccc3)nc(-c3cc(-n4c5ccccc5c5c6oc7ccccc7c6c6c(c7ccccc7n6-c6ccccc6)c54)ccc3-c3nc(-c4ccccc4)c4ccccc4n3)n2)cc1. The molecular formula is C65H39N7O. The Morgan fingerprint density at radius 1 is 0.315 bits per heavy atom. The summed E-state index contributed by atoms with van der Waals surface area (Å²) in [5, 5.41) is 7.49. The maximum Gasteiger partial charge on any atom is 0.164 e. The van der Waals surface area contributed by atoms with Crippen LogP contribution in [0, 0.1) is 0 Å². The minimum atomic E-state index is 0.494. The number of para-hydroxylation sites is 5. The highest BCUT2D eigenvalue weighted by atomic mass is 16.3. The monoisotopic (exact) mass is 933 g/mol. The van der Waals surface area contributed by atoms with E-state index in [1.807, 2.05) is 97.1 Å². The average molecular weight is 934 g/mol. The first-order valence-electron chi connectivity index (χ1n) is 24.4. The molecule has 5 aromatic heterocycles. The van der Waals surface area contributed by atoms with E-state index in [1.165, 1.54) is 0 Å². The van der Waals surface area contributed by atoms with Gasteiger partial charge >= 0.3 is 0 Å². The van der Waals surface area contributed by atoms with E-state index in [0.29, 0.717) is 23.3 Å². The zero-order valence-corrected chi connectivity index (χ0v) is 39.1. The van der Waals surface area contributed by atoms with Crippen LogP contribution in [0.4, 0.5) is 0 Å². The van der Waals surface area contributed by atoms with E-state index in [1.54, 1.807) is 0 Å². The molecule has 0 atom stereocenters. The number of hydrogen-bond donors (Lipinski definition) is 0. The predicted molar refractivity (Wildman–Crippen MR) is 296 cm³/mol. The van der Waals surface area contributed by atoms with Crippen LogP contribution in [-0.2, 0) is 0 Å². The number of fused-ring (bicyclic) bond motifs is 13. The lowest BCUT2D eigenvalue weighted by molar-refractivity contribution is 0.673. The number of rotatable bonds is 7. The number of nitrogens with zero attached hydrogens (tertiary/aromatic N) is 7. The summed E-state index contributed by atoms with van der Waals surface area (Å²) in [5.41, 5.74) is 13.9. The molecule has 8 nitrogen and oxygen atoms in total. The van der Waals surface area contributed by atoms with Gasteiger partial charge in [0, 0.05) is 66.1 Å². The van der Waals surface area contributed by atoms with Crippen LogP contribution < -0.4 is 0 Å². The van der Waals surface area contributed by atoms with Crippen molar-refractivity contribution in [1.82, 2.24) is 34.1 Å². The summed E-state index contributed by atoms with van der Waals surface area (Å²) in [7, 11) is 0. The molecule has 5 heterocycles. The quantitative estimate of drug-likeness (QED) is 0.158. The van der Waals surface area contributed by atoms with Crippen molar-refractivity contribution in [3.05, 3.63) is 237 Å². The Bertz CT molecular complexity index is 4600. The van der Waals surface area contributed by atoms with Crippen LogP contribution in [-0.4, -0.2) is 34.1 Å². The standard InChI is InChI=1S/C65H39N7O/c1-5-21-40(22-6-1)58-46-29-13-17-33-51(46)66-64(67-58)45-38-37-44(39-50(45)65-69-62(41-23-7-2-8-24-41)68-63(70-65)42-25-9-3-10-26-42)72-53-35-19-15-31-48(53)56-59(72)55-47-30-14-18-34-52(47)71(43-27-11-4-12-28-43)60(55)57-49-32-16-20-36-54(49)73-61(56)57/h1-39H. The van der Waals surface area contributed by atoms with Crippen molar-refractivity contribution in [3.63, 3.8) is 0 Å². The molecule has 0 aliphatic rings. The molecule has 0 N–H and O–H groups in total. The number of furan rings is 1. The van der Waals surface area contributed by atoms with Crippen molar-refractivity contribution in [3.8, 4) is 68.2 Å². The Morgan fingerprint density at radius 3 is 1.45 bits per heavy atom. The largest absolute Gasteiger partial charge is 0.455 e. The van der Waals surface area contributed by atoms with E-state index in [0.717, 1.165) is 121 Å². The molecule has 0 bridgehead atoms. The minimum absolute atomic E-state index is 0.494. The van der Waals surface area contributed by atoms with E-state index < -0.39 is 0 Å². The molecule has 8 heteroatoms. The third-order valence-corrected chi connectivity index (χ3v) is 14.2. The number of benzene rings is 10. The van der Waals surface area contributed by atoms with Crippen molar-refractivity contribution in [2.24, 2.45) is 0 Å². The zero-order valence-electron chi connectivity index (χ0n) is 39.1. The van der Waals surface area contributed by atoms with Gasteiger partial charge in [0.05, 0.1) is 44.0 Å². The Labute approximate surface area is 417 Å². The second-order valence-electron chi connectivity index (χ2n) is 18.3. The highest BCUT2D eigenvalue weighted by Crippen LogP contribution is 2.50. The molecular weight excluding hydrogens is 895 g/mol. The van der Waals surface area contributed by atoms with Gasteiger partial charge in [-0.3, -0.25) is 0 Å². The highest BCUT2D eigenvalue weighted by Gasteiger charge is 2.29. The molecule has 0 spiro atoms. The van der Waals surface area contributed by atoms with Crippen LogP contribution >= 0.6 is 0 Å². The van der Waals surface area contributed by atoms with Crippen LogP contribution in [0.25, 0.3) is 145 Å². The zero-order chi connectivity index (χ0) is 48.0. The fourth-order valence-electron chi connectivity index (χ4n) is 11.0. The summed E-state index contributed by atoms with van der Waals surface area (Å²) in [4.78, 5) is 26.6. The lowest BCUT2D eigenvalue weighted by Gasteiger charge is -2.16. The fraction of sp³-hybridized carbons (Fsp3) is 0. The van der Waals surface area contributed by atoms with Gasteiger partial charge in [0.15, 0.2) is 23.3 Å². The van der Waals surface area contributed by atoms with Crippen LogP contribution in [0.2, 0.25) is 0 Å². The number of aromatic nitrogens is 7. The van der Waals surface area contributed by atoms with E-state index in [4.69, 9.17) is 29.3 Å². The van der Waals surface area contributed by atoms with Gasteiger partial charge in [0.2, 0.25) is 0 Å². The summed E-state index contributed by atoms with van der Waals surface area (Å²) >= 11 is 0.